The van der Waals surface area contributed by atoms with E-state index in [0.717, 1.165) is 22.2 Å². The molecule has 84 valence electrons. The third-order valence-corrected chi connectivity index (χ3v) is 3.30. The van der Waals surface area contributed by atoms with Gasteiger partial charge in [-0.1, -0.05) is 36.2 Å². The summed E-state index contributed by atoms with van der Waals surface area (Å²) in [6, 6.07) is 5.98. The maximum absolute atomic E-state index is 6.19. The lowest BCUT2D eigenvalue weighted by atomic mass is 9.93. The Morgan fingerprint density at radius 2 is 2.13 bits per heavy atom. The van der Waals surface area contributed by atoms with Gasteiger partial charge in [0.25, 0.3) is 0 Å². The molecule has 3 heteroatoms. The summed E-state index contributed by atoms with van der Waals surface area (Å²) in [7, 11) is 1.68. The van der Waals surface area contributed by atoms with Gasteiger partial charge in [-0.15, -0.1) is 0 Å². The number of rotatable bonds is 4. The van der Waals surface area contributed by atoms with E-state index in [4.69, 9.17) is 10.5 Å². The lowest BCUT2D eigenvalue weighted by molar-refractivity contribution is 0.388. The van der Waals surface area contributed by atoms with Crippen molar-refractivity contribution in [3.8, 4) is 5.75 Å². The molecule has 1 rings (SSSR count). The third kappa shape index (κ3) is 2.95. The molecule has 2 N–H and O–H groups in total. The lowest BCUT2D eigenvalue weighted by Crippen LogP contribution is -2.19. The van der Waals surface area contributed by atoms with Crippen LogP contribution in [0.1, 0.15) is 31.9 Å². The standard InChI is InChI=1S/C12H18BrNO/c1-4-8(2)12(14)10-7-9(13)5-6-11(10)15-3/h5-8,12H,4,14H2,1-3H3/t8?,12-/m0/s1. The fourth-order valence-corrected chi connectivity index (χ4v) is 1.90. The summed E-state index contributed by atoms with van der Waals surface area (Å²) in [4.78, 5) is 0. The van der Waals surface area contributed by atoms with E-state index in [-0.39, 0.29) is 6.04 Å². The average Bonchev–Trinajstić information content (AvgIpc) is 2.27. The van der Waals surface area contributed by atoms with Crippen LogP contribution in [0.3, 0.4) is 0 Å². The van der Waals surface area contributed by atoms with Crippen LogP contribution in [0.15, 0.2) is 22.7 Å². The van der Waals surface area contributed by atoms with Gasteiger partial charge in [0, 0.05) is 16.1 Å². The molecule has 0 aliphatic rings. The highest BCUT2D eigenvalue weighted by Crippen LogP contribution is 2.31. The van der Waals surface area contributed by atoms with Crippen molar-refractivity contribution >= 4 is 15.9 Å². The highest BCUT2D eigenvalue weighted by atomic mass is 79.9. The van der Waals surface area contributed by atoms with Gasteiger partial charge >= 0.3 is 0 Å². The summed E-state index contributed by atoms with van der Waals surface area (Å²) >= 11 is 3.45. The molecule has 2 atom stereocenters. The van der Waals surface area contributed by atoms with Crippen LogP contribution >= 0.6 is 15.9 Å². The van der Waals surface area contributed by atoms with E-state index in [0.29, 0.717) is 5.92 Å². The van der Waals surface area contributed by atoms with E-state index in [1.165, 1.54) is 0 Å². The van der Waals surface area contributed by atoms with Gasteiger partial charge in [-0.05, 0) is 24.1 Å². The lowest BCUT2D eigenvalue weighted by Gasteiger charge is -2.21. The number of benzene rings is 1. The molecule has 0 amide bonds. The zero-order chi connectivity index (χ0) is 11.4. The second kappa shape index (κ2) is 5.52. The average molecular weight is 272 g/mol. The highest BCUT2D eigenvalue weighted by Gasteiger charge is 2.17. The Morgan fingerprint density at radius 1 is 1.47 bits per heavy atom. The van der Waals surface area contributed by atoms with E-state index < -0.39 is 0 Å². The van der Waals surface area contributed by atoms with Crippen LogP contribution in [0.5, 0.6) is 5.75 Å². The number of hydrogen-bond acceptors (Lipinski definition) is 2. The molecular formula is C12H18BrNO. The first-order chi connectivity index (χ1) is 7.10. The summed E-state index contributed by atoms with van der Waals surface area (Å²) in [5, 5.41) is 0. The van der Waals surface area contributed by atoms with Gasteiger partial charge in [0.2, 0.25) is 0 Å². The molecule has 0 aromatic heterocycles. The maximum Gasteiger partial charge on any atom is 0.123 e. The van der Waals surface area contributed by atoms with Crippen LogP contribution < -0.4 is 10.5 Å². The minimum Gasteiger partial charge on any atom is -0.496 e. The second-order valence-corrected chi connectivity index (χ2v) is 4.71. The summed E-state index contributed by atoms with van der Waals surface area (Å²) in [6.45, 7) is 4.31. The van der Waals surface area contributed by atoms with Crippen molar-refractivity contribution in [2.45, 2.75) is 26.3 Å². The SMILES string of the molecule is CCC(C)[C@H](N)c1cc(Br)ccc1OC. The summed E-state index contributed by atoms with van der Waals surface area (Å²) in [6.07, 6.45) is 1.07. The topological polar surface area (TPSA) is 35.2 Å². The van der Waals surface area contributed by atoms with Gasteiger partial charge in [-0.25, -0.2) is 0 Å². The van der Waals surface area contributed by atoms with Gasteiger partial charge in [0.05, 0.1) is 7.11 Å². The predicted molar refractivity (Wildman–Crippen MR) is 67.1 cm³/mol. The molecule has 0 bridgehead atoms. The third-order valence-electron chi connectivity index (χ3n) is 2.81. The molecule has 0 spiro atoms. The minimum absolute atomic E-state index is 0.0300. The monoisotopic (exact) mass is 271 g/mol. The van der Waals surface area contributed by atoms with Crippen LogP contribution in [-0.2, 0) is 0 Å². The van der Waals surface area contributed by atoms with Crippen molar-refractivity contribution in [2.24, 2.45) is 11.7 Å². The molecule has 1 aromatic carbocycles. The smallest absolute Gasteiger partial charge is 0.123 e. The van der Waals surface area contributed by atoms with Crippen LogP contribution in [0.25, 0.3) is 0 Å². The van der Waals surface area contributed by atoms with Crippen molar-refractivity contribution in [1.82, 2.24) is 0 Å². The quantitative estimate of drug-likeness (QED) is 0.910. The zero-order valence-electron chi connectivity index (χ0n) is 9.46. The Hall–Kier alpha value is -0.540. The zero-order valence-corrected chi connectivity index (χ0v) is 11.0. The number of nitrogens with two attached hydrogens (primary N) is 1. The first-order valence-electron chi connectivity index (χ1n) is 5.19. The van der Waals surface area contributed by atoms with E-state index in [1.54, 1.807) is 7.11 Å². The molecule has 0 aliphatic carbocycles. The van der Waals surface area contributed by atoms with Crippen molar-refractivity contribution in [1.29, 1.82) is 0 Å². The Kier molecular flexibility index (Phi) is 4.61. The molecule has 0 radical (unpaired) electrons. The Labute approximate surface area is 99.9 Å². The number of methoxy groups -OCH3 is 1. The molecule has 0 fully saturated rings. The Morgan fingerprint density at radius 3 is 2.67 bits per heavy atom. The first kappa shape index (κ1) is 12.5. The normalized spacial score (nSPS) is 14.7. The minimum atomic E-state index is 0.0300. The molecule has 1 aromatic rings. The van der Waals surface area contributed by atoms with Crippen molar-refractivity contribution < 1.29 is 4.74 Å². The largest absolute Gasteiger partial charge is 0.496 e. The molecule has 1 unspecified atom stereocenters. The fraction of sp³-hybridized carbons (Fsp3) is 0.500. The van der Waals surface area contributed by atoms with Crippen LogP contribution in [0.2, 0.25) is 0 Å². The van der Waals surface area contributed by atoms with Crippen LogP contribution in [-0.4, -0.2) is 7.11 Å². The maximum atomic E-state index is 6.19. The predicted octanol–water partition coefficient (Wildman–Crippen LogP) is 3.50. The highest BCUT2D eigenvalue weighted by molar-refractivity contribution is 9.10. The molecule has 0 heterocycles. The molecule has 0 aliphatic heterocycles. The molecular weight excluding hydrogens is 254 g/mol. The van der Waals surface area contributed by atoms with Gasteiger partial charge in [0.1, 0.15) is 5.75 Å². The number of ether oxygens (including phenoxy) is 1. The van der Waals surface area contributed by atoms with Crippen molar-refractivity contribution in [2.75, 3.05) is 7.11 Å². The summed E-state index contributed by atoms with van der Waals surface area (Å²) in [5.74, 6) is 1.32. The Bertz CT molecular complexity index is 327. The van der Waals surface area contributed by atoms with Crippen molar-refractivity contribution in [3.63, 3.8) is 0 Å². The van der Waals surface area contributed by atoms with Crippen LogP contribution in [0, 0.1) is 5.92 Å². The molecule has 0 saturated carbocycles. The van der Waals surface area contributed by atoms with E-state index >= 15 is 0 Å². The van der Waals surface area contributed by atoms with E-state index in [9.17, 15) is 0 Å². The molecule has 2 nitrogen and oxygen atoms in total. The summed E-state index contributed by atoms with van der Waals surface area (Å²) < 4.78 is 6.35. The number of hydrogen-bond donors (Lipinski definition) is 1. The fourth-order valence-electron chi connectivity index (χ4n) is 1.53. The molecule has 0 saturated heterocycles. The molecule has 15 heavy (non-hydrogen) atoms. The Balaban J connectivity index is 3.05. The second-order valence-electron chi connectivity index (χ2n) is 3.80. The van der Waals surface area contributed by atoms with E-state index in [2.05, 4.69) is 29.8 Å². The van der Waals surface area contributed by atoms with E-state index in [1.807, 2.05) is 18.2 Å². The summed E-state index contributed by atoms with van der Waals surface area (Å²) in [5.41, 5.74) is 7.26. The van der Waals surface area contributed by atoms with Gasteiger partial charge in [-0.2, -0.15) is 0 Å². The van der Waals surface area contributed by atoms with Gasteiger partial charge in [0.15, 0.2) is 0 Å². The van der Waals surface area contributed by atoms with Gasteiger partial charge in [-0.3, -0.25) is 0 Å². The van der Waals surface area contributed by atoms with Crippen molar-refractivity contribution in [3.05, 3.63) is 28.2 Å². The number of halogens is 1. The van der Waals surface area contributed by atoms with Crippen LogP contribution in [0.4, 0.5) is 0 Å². The first-order valence-corrected chi connectivity index (χ1v) is 5.98. The van der Waals surface area contributed by atoms with Gasteiger partial charge < -0.3 is 10.5 Å².